The molecule has 5 nitrogen and oxygen atoms in total. The van der Waals surface area contributed by atoms with Gasteiger partial charge in [-0.15, -0.1) is 0 Å². The number of aliphatic hydroxyl groups excluding tert-OH is 1. The van der Waals surface area contributed by atoms with Crippen LogP contribution in [0.2, 0.25) is 0 Å². The van der Waals surface area contributed by atoms with Crippen molar-refractivity contribution in [3.63, 3.8) is 0 Å². The minimum atomic E-state index is -0.364. The predicted octanol–water partition coefficient (Wildman–Crippen LogP) is 3.19. The van der Waals surface area contributed by atoms with Crippen LogP contribution in [-0.4, -0.2) is 12.2 Å². The van der Waals surface area contributed by atoms with Crippen molar-refractivity contribution in [2.75, 3.05) is 7.11 Å². The molecule has 124 valence electrons. The molecule has 0 radical (unpaired) electrons. The molecule has 1 atom stereocenters. The Morgan fingerprint density at radius 2 is 1.48 bits per heavy atom. The van der Waals surface area contributed by atoms with Gasteiger partial charge >= 0.3 is 33.9 Å². The van der Waals surface area contributed by atoms with Gasteiger partial charge in [0.2, 0.25) is 0 Å². The molecule has 1 aliphatic rings. The molecule has 0 amide bonds. The molecule has 0 bridgehead atoms. The molecule has 0 heterocycles. The van der Waals surface area contributed by atoms with Crippen LogP contribution < -0.4 is 4.74 Å². The summed E-state index contributed by atoms with van der Waals surface area (Å²) in [7, 11) is 1.66. The molecule has 1 aromatic carbocycles. The summed E-state index contributed by atoms with van der Waals surface area (Å²) in [6.07, 6.45) is 5.72. The number of benzene rings is 1. The second-order valence-corrected chi connectivity index (χ2v) is 4.58. The molecule has 6 heteroatoms. The zero-order valence-electron chi connectivity index (χ0n) is 13.0. The average molecular weight is 356 g/mol. The Hall–Kier alpha value is -1.27. The van der Waals surface area contributed by atoms with Crippen LogP contribution in [0.4, 0.5) is 0 Å². The Bertz CT molecular complexity index is 436. The summed E-state index contributed by atoms with van der Waals surface area (Å²) in [5, 5.41) is 10.4. The molecular weight excluding hydrogens is 336 g/mol. The van der Waals surface area contributed by atoms with Crippen molar-refractivity contribution in [3.8, 4) is 5.75 Å². The zero-order valence-corrected chi connectivity index (χ0v) is 14.3. The number of methoxy groups -OCH3 is 1. The largest absolute Gasteiger partial charge is 0 e. The minimum absolute atomic E-state index is 0. The van der Waals surface area contributed by atoms with E-state index in [0.717, 1.165) is 24.2 Å². The first-order valence-electron chi connectivity index (χ1n) is 6.75. The van der Waals surface area contributed by atoms with E-state index in [9.17, 15) is 5.11 Å². The van der Waals surface area contributed by atoms with Gasteiger partial charge in [-0.25, -0.2) is 0 Å². The predicted molar refractivity (Wildman–Crippen MR) is 76.3 cm³/mol. The molecule has 1 aliphatic carbocycles. The van der Waals surface area contributed by atoms with E-state index in [-0.39, 0.29) is 23.5 Å². The fraction of sp³-hybridized carbons (Fsp3) is 0.471. The molecule has 2 rings (SSSR count). The molecule has 1 unspecified atom stereocenters. The van der Waals surface area contributed by atoms with Crippen LogP contribution in [0.3, 0.4) is 0 Å². The molecule has 23 heavy (non-hydrogen) atoms. The quantitative estimate of drug-likeness (QED) is 0.666. The molecule has 0 aliphatic heterocycles. The van der Waals surface area contributed by atoms with Crippen LogP contribution >= 0.6 is 0 Å². The van der Waals surface area contributed by atoms with Gasteiger partial charge in [0.15, 0.2) is 0 Å². The van der Waals surface area contributed by atoms with Crippen LogP contribution in [0.1, 0.15) is 43.8 Å². The maximum atomic E-state index is 10.4. The third kappa shape index (κ3) is 9.46. The fourth-order valence-corrected chi connectivity index (χ4v) is 2.61. The fourth-order valence-electron chi connectivity index (χ4n) is 2.61. The van der Waals surface area contributed by atoms with E-state index in [2.05, 4.69) is 20.0 Å². The third-order valence-electron chi connectivity index (χ3n) is 3.55. The summed E-state index contributed by atoms with van der Waals surface area (Å²) in [6.45, 7) is 13.5. The Morgan fingerprint density at radius 3 is 1.96 bits per heavy atom. The van der Waals surface area contributed by atoms with Gasteiger partial charge in [-0.05, 0) is 24.8 Å². The van der Waals surface area contributed by atoms with Crippen molar-refractivity contribution in [3.05, 3.63) is 49.8 Å². The normalized spacial score (nSPS) is 13.7. The summed E-state index contributed by atoms with van der Waals surface area (Å²) in [5.41, 5.74) is 0.942. The number of hydrogen-bond acceptors (Lipinski definition) is 2. The van der Waals surface area contributed by atoms with E-state index >= 15 is 0 Å². The van der Waals surface area contributed by atoms with Gasteiger partial charge in [0, 0.05) is 22.9 Å². The molecule has 0 saturated heterocycles. The molecule has 1 saturated carbocycles. The van der Waals surface area contributed by atoms with E-state index in [0.29, 0.717) is 5.92 Å². The van der Waals surface area contributed by atoms with Crippen LogP contribution in [0.15, 0.2) is 24.3 Å². The summed E-state index contributed by atoms with van der Waals surface area (Å²) < 4.78 is 27.8. The zero-order chi connectivity index (χ0) is 17.4. The summed E-state index contributed by atoms with van der Waals surface area (Å²) >= 11 is 0. The molecule has 1 fully saturated rings. The average Bonchev–Trinajstić information content (AvgIpc) is 2.66. The summed E-state index contributed by atoms with van der Waals surface area (Å²) in [6, 6.07) is 7.79. The second kappa shape index (κ2) is 18.8. The number of aliphatic hydroxyl groups is 1. The van der Waals surface area contributed by atoms with Crippen LogP contribution in [0.25, 0.3) is 0 Å². The van der Waals surface area contributed by atoms with E-state index in [1.807, 2.05) is 24.3 Å². The van der Waals surface area contributed by atoms with Crippen LogP contribution in [0, 0.1) is 25.9 Å². The molecule has 0 aromatic heterocycles. The van der Waals surface area contributed by atoms with Gasteiger partial charge in [-0.1, -0.05) is 37.5 Å². The molecular formula is C17H20CrO5. The first kappa shape index (κ1) is 26.6. The Kier molecular flexibility index (Phi) is 21.7. The van der Waals surface area contributed by atoms with Crippen molar-refractivity contribution < 1.29 is 41.2 Å². The summed E-state index contributed by atoms with van der Waals surface area (Å²) in [5.74, 6) is 1.21. The van der Waals surface area contributed by atoms with Crippen LogP contribution in [0.5, 0.6) is 5.75 Å². The van der Waals surface area contributed by atoms with Crippen molar-refractivity contribution in [2.45, 2.75) is 38.2 Å². The third-order valence-corrected chi connectivity index (χ3v) is 3.55. The summed E-state index contributed by atoms with van der Waals surface area (Å²) in [4.78, 5) is 0. The molecule has 1 aromatic rings. The van der Waals surface area contributed by atoms with Crippen molar-refractivity contribution >= 4 is 0 Å². The Balaban J connectivity index is -0.000000514. The number of rotatable bonds is 3. The van der Waals surface area contributed by atoms with E-state index in [4.69, 9.17) is 18.7 Å². The van der Waals surface area contributed by atoms with Gasteiger partial charge in [0.25, 0.3) is 0 Å². The maximum Gasteiger partial charge on any atom is 0 e. The molecule has 0 spiro atoms. The number of para-hydroxylation sites is 1. The molecule has 1 N–H and O–H groups in total. The Morgan fingerprint density at radius 1 is 1.00 bits per heavy atom. The monoisotopic (exact) mass is 356 g/mol. The van der Waals surface area contributed by atoms with Crippen molar-refractivity contribution in [1.29, 1.82) is 0 Å². The smallest absolute Gasteiger partial charge is 0 e. The van der Waals surface area contributed by atoms with Gasteiger partial charge in [0.05, 0.1) is 13.2 Å². The standard InChI is InChI=1S/C14H20O2.3CO.Cr/c1-16-13-10-6-5-9-12(13)14(15)11-7-3-2-4-8-11;3*1-2;/h5-6,9-11,14-15H,2-4,7-8H2,1H3;;;;. The Labute approximate surface area is 148 Å². The van der Waals surface area contributed by atoms with Gasteiger partial charge in [-0.2, -0.15) is 0 Å². The van der Waals surface area contributed by atoms with Crippen molar-refractivity contribution in [2.24, 2.45) is 5.92 Å². The van der Waals surface area contributed by atoms with Gasteiger partial charge in [0.1, 0.15) is 5.75 Å². The van der Waals surface area contributed by atoms with E-state index < -0.39 is 0 Å². The van der Waals surface area contributed by atoms with E-state index in [1.54, 1.807) is 7.11 Å². The maximum absolute atomic E-state index is 10.4. The van der Waals surface area contributed by atoms with Crippen LogP contribution in [-0.2, 0) is 31.3 Å². The topological polar surface area (TPSA) is 89.2 Å². The van der Waals surface area contributed by atoms with Gasteiger partial charge < -0.3 is 9.84 Å². The first-order valence-corrected chi connectivity index (χ1v) is 6.75. The minimum Gasteiger partial charge on any atom is 0 e. The number of hydrogen-bond donors (Lipinski definition) is 1. The van der Waals surface area contributed by atoms with Gasteiger partial charge in [-0.3, -0.25) is 0 Å². The number of ether oxygens (including phenoxy) is 1. The van der Waals surface area contributed by atoms with Crippen molar-refractivity contribution in [1.82, 2.24) is 0 Å². The van der Waals surface area contributed by atoms with E-state index in [1.165, 1.54) is 19.3 Å². The SMILES string of the molecule is COc1ccccc1C(O)C1CCCCC1.[C-]#[O+].[C-]#[O+].[C-]#[O+].[Cr]. The first-order chi connectivity index (χ1) is 10.8. The second-order valence-electron chi connectivity index (χ2n) is 4.58.